The van der Waals surface area contributed by atoms with Gasteiger partial charge in [-0.1, -0.05) is 12.1 Å². The van der Waals surface area contributed by atoms with Gasteiger partial charge < -0.3 is 19.8 Å². The third kappa shape index (κ3) is 3.84. The molecule has 2 aromatic heterocycles. The first-order valence-corrected chi connectivity index (χ1v) is 7.72. The van der Waals surface area contributed by atoms with E-state index in [2.05, 4.69) is 32.4 Å². The van der Waals surface area contributed by atoms with Crippen LogP contribution in [0.1, 0.15) is 5.56 Å². The van der Waals surface area contributed by atoms with Crippen LogP contribution in [0.4, 0.5) is 5.82 Å². The van der Waals surface area contributed by atoms with Crippen LogP contribution >= 0.6 is 0 Å². The maximum Gasteiger partial charge on any atom is 0.318 e. The normalized spacial score (nSPS) is 10.4. The zero-order chi connectivity index (χ0) is 16.8. The van der Waals surface area contributed by atoms with Crippen molar-refractivity contribution in [2.45, 2.75) is 6.42 Å². The van der Waals surface area contributed by atoms with Gasteiger partial charge in [-0.3, -0.25) is 0 Å². The molecular weight excluding hydrogens is 304 g/mol. The number of ether oxygens (including phenoxy) is 2. The second kappa shape index (κ2) is 7.50. The molecule has 0 radical (unpaired) electrons. The zero-order valence-electron chi connectivity index (χ0n) is 13.7. The van der Waals surface area contributed by atoms with E-state index < -0.39 is 0 Å². The number of benzene rings is 1. The van der Waals surface area contributed by atoms with E-state index in [0.29, 0.717) is 6.01 Å². The Morgan fingerprint density at radius 1 is 1.04 bits per heavy atom. The van der Waals surface area contributed by atoms with Crippen LogP contribution in [0.15, 0.2) is 48.7 Å². The number of H-pyrrole nitrogens is 1. The van der Waals surface area contributed by atoms with Gasteiger partial charge in [0.2, 0.25) is 0 Å². The van der Waals surface area contributed by atoms with Gasteiger partial charge in [0.25, 0.3) is 0 Å². The molecule has 0 atom stereocenters. The van der Waals surface area contributed by atoms with E-state index in [0.717, 1.165) is 35.9 Å². The summed E-state index contributed by atoms with van der Waals surface area (Å²) in [6.07, 6.45) is 2.74. The molecule has 3 rings (SSSR count). The summed E-state index contributed by atoms with van der Waals surface area (Å²) in [6.45, 7) is 0.761. The van der Waals surface area contributed by atoms with Gasteiger partial charge in [-0.15, -0.1) is 0 Å². The molecule has 0 aliphatic heterocycles. The third-order valence-electron chi connectivity index (χ3n) is 3.64. The van der Waals surface area contributed by atoms with Crippen molar-refractivity contribution >= 4 is 5.82 Å². The highest BCUT2D eigenvalue weighted by atomic mass is 16.5. The lowest BCUT2D eigenvalue weighted by molar-refractivity contribution is 0.381. The predicted molar refractivity (Wildman–Crippen MR) is 93.6 cm³/mol. The first-order chi connectivity index (χ1) is 11.8. The Balaban J connectivity index is 1.66. The molecule has 6 nitrogen and oxygen atoms in total. The van der Waals surface area contributed by atoms with Crippen molar-refractivity contribution in [1.29, 1.82) is 0 Å². The smallest absolute Gasteiger partial charge is 0.318 e. The van der Waals surface area contributed by atoms with E-state index in [9.17, 15) is 0 Å². The van der Waals surface area contributed by atoms with Gasteiger partial charge in [0, 0.05) is 18.8 Å². The number of hydrogen-bond acceptors (Lipinski definition) is 5. The molecule has 0 saturated carbocycles. The van der Waals surface area contributed by atoms with Crippen LogP contribution in [0.2, 0.25) is 0 Å². The minimum atomic E-state index is 0.342. The van der Waals surface area contributed by atoms with Crippen LogP contribution in [-0.4, -0.2) is 35.7 Å². The van der Waals surface area contributed by atoms with E-state index in [1.807, 2.05) is 36.5 Å². The van der Waals surface area contributed by atoms with Gasteiger partial charge in [0.1, 0.15) is 11.6 Å². The molecule has 0 aliphatic rings. The van der Waals surface area contributed by atoms with Crippen molar-refractivity contribution in [2.75, 3.05) is 26.1 Å². The maximum atomic E-state index is 5.19. The van der Waals surface area contributed by atoms with E-state index in [1.54, 1.807) is 14.2 Å². The molecule has 24 heavy (non-hydrogen) atoms. The second-order valence-electron chi connectivity index (χ2n) is 5.23. The highest BCUT2D eigenvalue weighted by Gasteiger charge is 2.07. The van der Waals surface area contributed by atoms with Gasteiger partial charge in [0.15, 0.2) is 0 Å². The minimum absolute atomic E-state index is 0.342. The Morgan fingerprint density at radius 3 is 2.54 bits per heavy atom. The molecule has 0 bridgehead atoms. The molecule has 0 amide bonds. The van der Waals surface area contributed by atoms with Crippen molar-refractivity contribution < 1.29 is 9.47 Å². The third-order valence-corrected chi connectivity index (χ3v) is 3.64. The van der Waals surface area contributed by atoms with E-state index >= 15 is 0 Å². The summed E-state index contributed by atoms with van der Waals surface area (Å²) in [7, 11) is 3.23. The number of anilines is 1. The number of methoxy groups -OCH3 is 2. The standard InChI is InChI=1S/C18H20N4O2/c1-23-14-7-5-13(6-8-14)9-11-20-17-12-16(15-4-3-10-19-15)21-18(22-17)24-2/h3-8,10,12,19H,9,11H2,1-2H3,(H,20,21,22). The van der Waals surface area contributed by atoms with Gasteiger partial charge in [0.05, 0.1) is 25.6 Å². The van der Waals surface area contributed by atoms with Crippen LogP contribution in [0.5, 0.6) is 11.8 Å². The molecule has 3 aromatic rings. The van der Waals surface area contributed by atoms with Crippen LogP contribution < -0.4 is 14.8 Å². The molecule has 0 fully saturated rings. The summed E-state index contributed by atoms with van der Waals surface area (Å²) in [5.74, 6) is 1.60. The molecule has 1 aromatic carbocycles. The largest absolute Gasteiger partial charge is 0.497 e. The Bertz CT molecular complexity index is 770. The monoisotopic (exact) mass is 324 g/mol. The fraction of sp³-hybridized carbons (Fsp3) is 0.222. The number of nitrogens with one attached hydrogen (secondary N) is 2. The highest BCUT2D eigenvalue weighted by molar-refractivity contribution is 5.59. The average Bonchev–Trinajstić information content (AvgIpc) is 3.17. The summed E-state index contributed by atoms with van der Waals surface area (Å²) in [5.41, 5.74) is 2.95. The van der Waals surface area contributed by atoms with Crippen LogP contribution in [-0.2, 0) is 6.42 Å². The van der Waals surface area contributed by atoms with E-state index in [1.165, 1.54) is 5.56 Å². The quantitative estimate of drug-likeness (QED) is 0.698. The number of hydrogen-bond donors (Lipinski definition) is 2. The van der Waals surface area contributed by atoms with Crippen molar-refractivity contribution in [1.82, 2.24) is 15.0 Å². The fourth-order valence-corrected chi connectivity index (χ4v) is 2.36. The summed E-state index contributed by atoms with van der Waals surface area (Å²) < 4.78 is 10.4. The Hall–Kier alpha value is -3.02. The SMILES string of the molecule is COc1ccc(CCNc2cc(-c3ccc[nH]3)nc(OC)n2)cc1. The number of aromatic nitrogens is 3. The Labute approximate surface area is 140 Å². The maximum absolute atomic E-state index is 5.19. The predicted octanol–water partition coefficient (Wildman–Crippen LogP) is 3.14. The molecule has 2 heterocycles. The van der Waals surface area contributed by atoms with Gasteiger partial charge in [-0.05, 0) is 36.2 Å². The van der Waals surface area contributed by atoms with Gasteiger partial charge in [-0.2, -0.15) is 9.97 Å². The lowest BCUT2D eigenvalue weighted by Gasteiger charge is -2.09. The molecule has 0 spiro atoms. The van der Waals surface area contributed by atoms with Crippen LogP contribution in [0.25, 0.3) is 11.4 Å². The first kappa shape index (κ1) is 15.9. The molecule has 0 unspecified atom stereocenters. The molecule has 6 heteroatoms. The summed E-state index contributed by atoms with van der Waals surface area (Å²) in [5, 5.41) is 3.32. The topological polar surface area (TPSA) is 72.1 Å². The van der Waals surface area contributed by atoms with Gasteiger partial charge >= 0.3 is 6.01 Å². The van der Waals surface area contributed by atoms with Crippen molar-refractivity contribution in [3.05, 3.63) is 54.2 Å². The average molecular weight is 324 g/mol. The van der Waals surface area contributed by atoms with Crippen molar-refractivity contribution in [2.24, 2.45) is 0 Å². The van der Waals surface area contributed by atoms with Crippen LogP contribution in [0.3, 0.4) is 0 Å². The number of aromatic amines is 1. The molecule has 124 valence electrons. The van der Waals surface area contributed by atoms with E-state index in [-0.39, 0.29) is 0 Å². The Kier molecular flexibility index (Phi) is 4.96. The summed E-state index contributed by atoms with van der Waals surface area (Å²) in [4.78, 5) is 11.8. The minimum Gasteiger partial charge on any atom is -0.497 e. The summed E-state index contributed by atoms with van der Waals surface area (Å²) >= 11 is 0. The molecular formula is C18H20N4O2. The zero-order valence-corrected chi connectivity index (χ0v) is 13.7. The number of rotatable bonds is 7. The van der Waals surface area contributed by atoms with Gasteiger partial charge in [-0.25, -0.2) is 0 Å². The second-order valence-corrected chi connectivity index (χ2v) is 5.23. The first-order valence-electron chi connectivity index (χ1n) is 7.72. The van der Waals surface area contributed by atoms with E-state index in [4.69, 9.17) is 9.47 Å². The lowest BCUT2D eigenvalue weighted by atomic mass is 10.1. The fourth-order valence-electron chi connectivity index (χ4n) is 2.36. The summed E-state index contributed by atoms with van der Waals surface area (Å²) in [6, 6.07) is 14.2. The Morgan fingerprint density at radius 2 is 1.88 bits per heavy atom. The molecule has 0 saturated heterocycles. The molecule has 0 aliphatic carbocycles. The molecule has 2 N–H and O–H groups in total. The van der Waals surface area contributed by atoms with Crippen LogP contribution in [0, 0.1) is 0 Å². The lowest BCUT2D eigenvalue weighted by Crippen LogP contribution is -2.08. The highest BCUT2D eigenvalue weighted by Crippen LogP contribution is 2.20. The van der Waals surface area contributed by atoms with Crippen molar-refractivity contribution in [3.63, 3.8) is 0 Å². The van der Waals surface area contributed by atoms with Crippen molar-refractivity contribution in [3.8, 4) is 23.1 Å². The number of nitrogens with zero attached hydrogens (tertiary/aromatic N) is 2.